The molecule has 0 aliphatic rings. The van der Waals surface area contributed by atoms with Crippen LogP contribution < -0.4 is 5.32 Å². The van der Waals surface area contributed by atoms with Gasteiger partial charge in [0.1, 0.15) is 11.6 Å². The number of benzene rings is 2. The van der Waals surface area contributed by atoms with Crippen LogP contribution >= 0.6 is 0 Å². The second kappa shape index (κ2) is 5.43. The van der Waals surface area contributed by atoms with Crippen LogP contribution in [-0.2, 0) is 6.42 Å². The molecule has 1 nitrogen and oxygen atoms in total. The van der Waals surface area contributed by atoms with Crippen LogP contribution in [0, 0.1) is 11.6 Å². The fourth-order valence-corrected chi connectivity index (χ4v) is 1.62. The molecule has 3 heteroatoms. The first kappa shape index (κ1) is 11.6. The maximum Gasteiger partial charge on any atom is 0.146 e. The molecule has 0 fully saturated rings. The summed E-state index contributed by atoms with van der Waals surface area (Å²) in [6, 6.07) is 13.3. The zero-order chi connectivity index (χ0) is 12.1. The molecule has 0 spiro atoms. The summed E-state index contributed by atoms with van der Waals surface area (Å²) in [5, 5.41) is 2.89. The van der Waals surface area contributed by atoms with Crippen molar-refractivity contribution in [2.24, 2.45) is 0 Å². The Morgan fingerprint density at radius 2 is 1.71 bits per heavy atom. The second-order valence-electron chi connectivity index (χ2n) is 3.79. The third kappa shape index (κ3) is 3.28. The average Bonchev–Trinajstić information content (AvgIpc) is 2.35. The van der Waals surface area contributed by atoms with Gasteiger partial charge in [-0.25, -0.2) is 8.78 Å². The lowest BCUT2D eigenvalue weighted by Crippen LogP contribution is -2.06. The first-order valence-corrected chi connectivity index (χ1v) is 5.48. The molecule has 0 aliphatic heterocycles. The van der Waals surface area contributed by atoms with Gasteiger partial charge in [0.05, 0.1) is 5.69 Å². The lowest BCUT2D eigenvalue weighted by Gasteiger charge is -2.07. The number of anilines is 1. The van der Waals surface area contributed by atoms with E-state index in [0.717, 1.165) is 24.1 Å². The van der Waals surface area contributed by atoms with Crippen LogP contribution in [0.25, 0.3) is 0 Å². The summed E-state index contributed by atoms with van der Waals surface area (Å²) in [6.07, 6.45) is 0.775. The molecule has 0 atom stereocenters. The molecule has 0 saturated heterocycles. The van der Waals surface area contributed by atoms with Gasteiger partial charge in [0, 0.05) is 6.54 Å². The van der Waals surface area contributed by atoms with Crippen molar-refractivity contribution in [3.05, 3.63) is 65.7 Å². The maximum atomic E-state index is 13.3. The summed E-state index contributed by atoms with van der Waals surface area (Å²) in [7, 11) is 0. The van der Waals surface area contributed by atoms with E-state index in [1.165, 1.54) is 6.07 Å². The summed E-state index contributed by atoms with van der Waals surface area (Å²) in [5.74, 6) is -0.868. The highest BCUT2D eigenvalue weighted by Crippen LogP contribution is 2.15. The summed E-state index contributed by atoms with van der Waals surface area (Å²) >= 11 is 0. The average molecular weight is 233 g/mol. The number of hydrogen-bond donors (Lipinski definition) is 1. The highest BCUT2D eigenvalue weighted by Gasteiger charge is 2.02. The van der Waals surface area contributed by atoms with Crippen molar-refractivity contribution in [3.63, 3.8) is 0 Å². The fourth-order valence-electron chi connectivity index (χ4n) is 1.62. The van der Waals surface area contributed by atoms with Gasteiger partial charge >= 0.3 is 0 Å². The SMILES string of the molecule is Fc1ccc(F)c(NCCc2ccccc2)c1. The molecule has 0 bridgehead atoms. The van der Waals surface area contributed by atoms with Crippen LogP contribution in [0.2, 0.25) is 0 Å². The number of hydrogen-bond acceptors (Lipinski definition) is 1. The minimum Gasteiger partial charge on any atom is -0.382 e. The molecular formula is C14H13F2N. The molecule has 2 aromatic carbocycles. The van der Waals surface area contributed by atoms with E-state index in [1.807, 2.05) is 30.3 Å². The van der Waals surface area contributed by atoms with Crippen LogP contribution in [-0.4, -0.2) is 6.54 Å². The van der Waals surface area contributed by atoms with Crippen molar-refractivity contribution in [2.75, 3.05) is 11.9 Å². The van der Waals surface area contributed by atoms with Gasteiger partial charge in [0.25, 0.3) is 0 Å². The van der Waals surface area contributed by atoms with E-state index in [-0.39, 0.29) is 5.69 Å². The van der Waals surface area contributed by atoms with E-state index in [1.54, 1.807) is 0 Å². The molecule has 1 N–H and O–H groups in total. The summed E-state index contributed by atoms with van der Waals surface area (Å²) in [5.41, 5.74) is 1.37. The Bertz CT molecular complexity index is 483. The standard InChI is InChI=1S/C14H13F2N/c15-12-6-7-13(16)14(10-12)17-9-8-11-4-2-1-3-5-11/h1-7,10,17H,8-9H2. The Hall–Kier alpha value is -1.90. The molecule has 0 aliphatic carbocycles. The van der Waals surface area contributed by atoms with Gasteiger partial charge in [0.15, 0.2) is 0 Å². The molecule has 0 radical (unpaired) electrons. The summed E-state index contributed by atoms with van der Waals surface area (Å²) in [6.45, 7) is 0.574. The first-order valence-electron chi connectivity index (χ1n) is 5.48. The molecular weight excluding hydrogens is 220 g/mol. The Balaban J connectivity index is 1.92. The largest absolute Gasteiger partial charge is 0.382 e. The Labute approximate surface area is 99.1 Å². The summed E-state index contributed by atoms with van der Waals surface area (Å²) < 4.78 is 26.2. The maximum absolute atomic E-state index is 13.3. The predicted molar refractivity (Wildman–Crippen MR) is 65.0 cm³/mol. The van der Waals surface area contributed by atoms with Crippen molar-refractivity contribution in [1.82, 2.24) is 0 Å². The lowest BCUT2D eigenvalue weighted by atomic mass is 10.1. The van der Waals surface area contributed by atoms with Crippen LogP contribution in [0.4, 0.5) is 14.5 Å². The Morgan fingerprint density at radius 1 is 0.941 bits per heavy atom. The molecule has 2 rings (SSSR count). The molecule has 88 valence electrons. The quantitative estimate of drug-likeness (QED) is 0.850. The molecule has 0 amide bonds. The van der Waals surface area contributed by atoms with Crippen LogP contribution in [0.1, 0.15) is 5.56 Å². The number of nitrogens with one attached hydrogen (secondary N) is 1. The number of rotatable bonds is 4. The Morgan fingerprint density at radius 3 is 2.47 bits per heavy atom. The molecule has 2 aromatic rings. The third-order valence-electron chi connectivity index (χ3n) is 2.50. The van der Waals surface area contributed by atoms with Crippen molar-refractivity contribution in [2.45, 2.75) is 6.42 Å². The molecule has 0 aromatic heterocycles. The molecule has 0 unspecified atom stereocenters. The normalized spacial score (nSPS) is 10.2. The van der Waals surface area contributed by atoms with Gasteiger partial charge in [-0.2, -0.15) is 0 Å². The van der Waals surface area contributed by atoms with Crippen molar-refractivity contribution in [1.29, 1.82) is 0 Å². The third-order valence-corrected chi connectivity index (χ3v) is 2.50. The van der Waals surface area contributed by atoms with Crippen LogP contribution in [0.3, 0.4) is 0 Å². The minimum atomic E-state index is -0.436. The summed E-state index contributed by atoms with van der Waals surface area (Å²) in [4.78, 5) is 0. The first-order chi connectivity index (χ1) is 8.25. The fraction of sp³-hybridized carbons (Fsp3) is 0.143. The zero-order valence-corrected chi connectivity index (χ0v) is 9.29. The highest BCUT2D eigenvalue weighted by atomic mass is 19.1. The van der Waals surface area contributed by atoms with Gasteiger partial charge in [-0.05, 0) is 30.2 Å². The topological polar surface area (TPSA) is 12.0 Å². The molecule has 0 heterocycles. The lowest BCUT2D eigenvalue weighted by molar-refractivity contribution is 0.602. The van der Waals surface area contributed by atoms with E-state index in [4.69, 9.17) is 0 Å². The van der Waals surface area contributed by atoms with E-state index >= 15 is 0 Å². The van der Waals surface area contributed by atoms with E-state index in [0.29, 0.717) is 6.54 Å². The van der Waals surface area contributed by atoms with Crippen LogP contribution in [0.5, 0.6) is 0 Å². The van der Waals surface area contributed by atoms with Gasteiger partial charge in [0.2, 0.25) is 0 Å². The van der Waals surface area contributed by atoms with Crippen molar-refractivity contribution in [3.8, 4) is 0 Å². The monoisotopic (exact) mass is 233 g/mol. The van der Waals surface area contributed by atoms with Crippen molar-refractivity contribution >= 4 is 5.69 Å². The van der Waals surface area contributed by atoms with Gasteiger partial charge < -0.3 is 5.32 Å². The smallest absolute Gasteiger partial charge is 0.146 e. The van der Waals surface area contributed by atoms with E-state index in [9.17, 15) is 8.78 Å². The van der Waals surface area contributed by atoms with E-state index in [2.05, 4.69) is 5.32 Å². The van der Waals surface area contributed by atoms with Gasteiger partial charge in [-0.1, -0.05) is 30.3 Å². The molecule has 0 saturated carbocycles. The second-order valence-corrected chi connectivity index (χ2v) is 3.79. The zero-order valence-electron chi connectivity index (χ0n) is 9.29. The van der Waals surface area contributed by atoms with Gasteiger partial charge in [-0.3, -0.25) is 0 Å². The van der Waals surface area contributed by atoms with Gasteiger partial charge in [-0.15, -0.1) is 0 Å². The Kier molecular flexibility index (Phi) is 3.70. The predicted octanol–water partition coefficient (Wildman–Crippen LogP) is 3.62. The minimum absolute atomic E-state index is 0.209. The van der Waals surface area contributed by atoms with Crippen molar-refractivity contribution < 1.29 is 8.78 Å². The highest BCUT2D eigenvalue weighted by molar-refractivity contribution is 5.44. The van der Waals surface area contributed by atoms with Crippen LogP contribution in [0.15, 0.2) is 48.5 Å². The van der Waals surface area contributed by atoms with E-state index < -0.39 is 11.6 Å². The molecule has 17 heavy (non-hydrogen) atoms. The number of halogens is 2.